The van der Waals surface area contributed by atoms with Crippen LogP contribution in [-0.4, -0.2) is 38.4 Å². The zero-order chi connectivity index (χ0) is 30.2. The molecule has 44 heavy (non-hydrogen) atoms. The first kappa shape index (κ1) is 26.9. The average molecular weight is 579 g/mol. The van der Waals surface area contributed by atoms with Crippen LogP contribution in [0.15, 0.2) is 134 Å². The van der Waals surface area contributed by atoms with E-state index in [4.69, 9.17) is 9.97 Å². The maximum absolute atomic E-state index is 9.54. The molecule has 0 spiro atoms. The van der Waals surface area contributed by atoms with Gasteiger partial charge in [0.1, 0.15) is 11.5 Å². The van der Waals surface area contributed by atoms with E-state index in [-0.39, 0.29) is 11.5 Å². The van der Waals surface area contributed by atoms with E-state index in [1.165, 1.54) is 0 Å². The molecule has 0 aliphatic heterocycles. The second-order valence-electron chi connectivity index (χ2n) is 10.6. The molecule has 8 nitrogen and oxygen atoms in total. The predicted octanol–water partition coefficient (Wildman–Crippen LogP) is 7.47. The van der Waals surface area contributed by atoms with Gasteiger partial charge in [0, 0.05) is 37.9 Å². The van der Waals surface area contributed by atoms with E-state index >= 15 is 0 Å². The number of rotatable bonds is 4. The zero-order valence-corrected chi connectivity index (χ0v) is 24.3. The van der Waals surface area contributed by atoms with Gasteiger partial charge in [0.05, 0.1) is 33.5 Å². The maximum Gasteiger partial charge on any atom is 0.162 e. The second kappa shape index (κ2) is 11.0. The van der Waals surface area contributed by atoms with Crippen LogP contribution < -0.4 is 0 Å². The summed E-state index contributed by atoms with van der Waals surface area (Å²) in [5.74, 6) is 2.29. The number of aryl methyl sites for hydroxylation is 2. The largest absolute Gasteiger partial charge is 0.508 e. The highest BCUT2D eigenvalue weighted by atomic mass is 16.3. The van der Waals surface area contributed by atoms with Crippen molar-refractivity contribution in [1.82, 2.24) is 28.2 Å². The molecule has 8 heteroatoms. The van der Waals surface area contributed by atoms with Crippen LogP contribution in [0.25, 0.3) is 56.5 Å². The van der Waals surface area contributed by atoms with Crippen LogP contribution >= 0.6 is 0 Å². The van der Waals surface area contributed by atoms with Crippen molar-refractivity contribution in [3.8, 4) is 45.9 Å². The van der Waals surface area contributed by atoms with Gasteiger partial charge in [-0.1, -0.05) is 24.3 Å². The standard InChI is InChI=1S/2C18H15N3O/c2*1-20-12-4-7-17(20)18-19-15-5-2-3-6-16(15)21(18)13-8-10-14(22)11-9-13/h2*2-12,22H,1H3. The van der Waals surface area contributed by atoms with Gasteiger partial charge in [-0.25, -0.2) is 9.97 Å². The Morgan fingerprint density at radius 1 is 0.455 bits per heavy atom. The first-order valence-corrected chi connectivity index (χ1v) is 14.2. The molecule has 0 radical (unpaired) electrons. The molecule has 0 fully saturated rings. The van der Waals surface area contributed by atoms with Crippen molar-refractivity contribution in [1.29, 1.82) is 0 Å². The highest BCUT2D eigenvalue weighted by Gasteiger charge is 2.17. The number of aromatic nitrogens is 6. The summed E-state index contributed by atoms with van der Waals surface area (Å²) in [6.07, 6.45) is 4.02. The molecule has 0 amide bonds. The van der Waals surface area contributed by atoms with Gasteiger partial charge < -0.3 is 19.3 Å². The number of hydrogen-bond acceptors (Lipinski definition) is 4. The smallest absolute Gasteiger partial charge is 0.162 e. The fraction of sp³-hybridized carbons (Fsp3) is 0.0556. The van der Waals surface area contributed by atoms with Crippen molar-refractivity contribution >= 4 is 22.1 Å². The lowest BCUT2D eigenvalue weighted by atomic mass is 10.2. The summed E-state index contributed by atoms with van der Waals surface area (Å²) >= 11 is 0. The minimum atomic E-state index is 0.258. The van der Waals surface area contributed by atoms with Crippen LogP contribution in [0.1, 0.15) is 0 Å². The van der Waals surface area contributed by atoms with Crippen molar-refractivity contribution in [2.75, 3.05) is 0 Å². The number of para-hydroxylation sites is 4. The Morgan fingerprint density at radius 3 is 1.20 bits per heavy atom. The molecule has 8 rings (SSSR count). The topological polar surface area (TPSA) is 86.0 Å². The molecule has 0 unspecified atom stereocenters. The van der Waals surface area contributed by atoms with Crippen molar-refractivity contribution < 1.29 is 10.2 Å². The lowest BCUT2D eigenvalue weighted by Gasteiger charge is -2.10. The van der Waals surface area contributed by atoms with Crippen molar-refractivity contribution in [2.45, 2.75) is 0 Å². The van der Waals surface area contributed by atoms with Gasteiger partial charge in [-0.15, -0.1) is 0 Å². The Kier molecular flexibility index (Phi) is 6.71. The first-order valence-electron chi connectivity index (χ1n) is 14.2. The molecule has 4 heterocycles. The lowest BCUT2D eigenvalue weighted by molar-refractivity contribution is 0.474. The van der Waals surface area contributed by atoms with Crippen LogP contribution in [0.3, 0.4) is 0 Å². The van der Waals surface area contributed by atoms with Gasteiger partial charge in [0.2, 0.25) is 0 Å². The zero-order valence-electron chi connectivity index (χ0n) is 24.3. The third-order valence-electron chi connectivity index (χ3n) is 7.68. The quantitative estimate of drug-likeness (QED) is 0.227. The first-order chi connectivity index (χ1) is 21.5. The summed E-state index contributed by atoms with van der Waals surface area (Å²) in [6.45, 7) is 0. The number of benzene rings is 4. The summed E-state index contributed by atoms with van der Waals surface area (Å²) in [5, 5.41) is 19.1. The molecular formula is C36H30N6O2. The summed E-state index contributed by atoms with van der Waals surface area (Å²) in [4.78, 5) is 9.59. The second-order valence-corrected chi connectivity index (χ2v) is 10.6. The molecule has 0 aliphatic carbocycles. The van der Waals surface area contributed by atoms with Crippen molar-refractivity contribution in [2.24, 2.45) is 14.1 Å². The molecule has 0 saturated carbocycles. The number of phenolic OH excluding ortho intramolecular Hbond substituents is 2. The Labute approximate surface area is 254 Å². The molecule has 4 aromatic carbocycles. The van der Waals surface area contributed by atoms with Crippen molar-refractivity contribution in [3.63, 3.8) is 0 Å². The van der Waals surface area contributed by atoms with E-state index in [0.717, 1.165) is 56.5 Å². The van der Waals surface area contributed by atoms with Crippen LogP contribution in [-0.2, 0) is 14.1 Å². The van der Waals surface area contributed by atoms with Gasteiger partial charge >= 0.3 is 0 Å². The molecule has 0 bridgehead atoms. The van der Waals surface area contributed by atoms with Crippen molar-refractivity contribution in [3.05, 3.63) is 134 Å². The van der Waals surface area contributed by atoms with Crippen LogP contribution in [0, 0.1) is 0 Å². The number of phenols is 2. The number of imidazole rings is 2. The van der Waals surface area contributed by atoms with Gasteiger partial charge in [0.25, 0.3) is 0 Å². The summed E-state index contributed by atoms with van der Waals surface area (Å²) in [7, 11) is 4.02. The normalized spacial score (nSPS) is 11.1. The molecular weight excluding hydrogens is 548 g/mol. The molecule has 0 atom stereocenters. The minimum Gasteiger partial charge on any atom is -0.508 e. The maximum atomic E-state index is 9.54. The Bertz CT molecular complexity index is 2060. The highest BCUT2D eigenvalue weighted by Crippen LogP contribution is 2.30. The summed E-state index contributed by atoms with van der Waals surface area (Å²) < 4.78 is 8.34. The summed E-state index contributed by atoms with van der Waals surface area (Å²) in [6, 6.07) is 38.6. The van der Waals surface area contributed by atoms with Crippen LogP contribution in [0.5, 0.6) is 11.5 Å². The molecule has 0 aliphatic rings. The third-order valence-corrected chi connectivity index (χ3v) is 7.68. The highest BCUT2D eigenvalue weighted by molar-refractivity contribution is 5.83. The SMILES string of the molecule is Cn1cccc1-c1nc2ccccc2n1-c1ccc(O)cc1.Cn1cccc1-c1nc2ccccc2n1-c1ccc(O)cc1. The fourth-order valence-corrected chi connectivity index (χ4v) is 5.51. The number of aromatic hydroxyl groups is 2. The Morgan fingerprint density at radius 2 is 0.841 bits per heavy atom. The number of hydrogen-bond donors (Lipinski definition) is 2. The van der Waals surface area contributed by atoms with E-state index in [1.54, 1.807) is 24.3 Å². The van der Waals surface area contributed by atoms with E-state index in [2.05, 4.69) is 42.5 Å². The monoisotopic (exact) mass is 578 g/mol. The van der Waals surface area contributed by atoms with Gasteiger partial charge in [-0.3, -0.25) is 9.13 Å². The van der Waals surface area contributed by atoms with Gasteiger partial charge in [0.15, 0.2) is 11.6 Å². The molecule has 0 saturated heterocycles. The van der Waals surface area contributed by atoms with E-state index in [0.29, 0.717) is 0 Å². The average Bonchev–Trinajstić information content (AvgIpc) is 3.83. The Hall–Kier alpha value is -6.02. The predicted molar refractivity (Wildman–Crippen MR) is 174 cm³/mol. The van der Waals surface area contributed by atoms with E-state index < -0.39 is 0 Å². The van der Waals surface area contributed by atoms with Gasteiger partial charge in [-0.05, 0) is 97.1 Å². The number of fused-ring (bicyclic) bond motifs is 2. The molecule has 216 valence electrons. The van der Waals surface area contributed by atoms with Crippen LogP contribution in [0.2, 0.25) is 0 Å². The van der Waals surface area contributed by atoms with Gasteiger partial charge in [-0.2, -0.15) is 0 Å². The molecule has 4 aromatic heterocycles. The molecule has 2 N–H and O–H groups in total. The number of nitrogens with zero attached hydrogens (tertiary/aromatic N) is 6. The summed E-state index contributed by atoms with van der Waals surface area (Å²) in [5.41, 5.74) is 8.03. The van der Waals surface area contributed by atoms with Crippen LogP contribution in [0.4, 0.5) is 0 Å². The minimum absolute atomic E-state index is 0.258. The third kappa shape index (κ3) is 4.78. The fourth-order valence-electron chi connectivity index (χ4n) is 5.51. The molecule has 8 aromatic rings. The van der Waals surface area contributed by atoms with E-state index in [1.807, 2.05) is 99.3 Å². The van der Waals surface area contributed by atoms with E-state index in [9.17, 15) is 10.2 Å². The Balaban J connectivity index is 0.000000142. The lowest BCUT2D eigenvalue weighted by Crippen LogP contribution is -2.00.